The predicted molar refractivity (Wildman–Crippen MR) is 166 cm³/mol. The summed E-state index contributed by atoms with van der Waals surface area (Å²) in [6, 6.07) is 34.8. The van der Waals surface area contributed by atoms with E-state index in [0.717, 1.165) is 22.3 Å². The molecule has 4 aromatic carbocycles. The fraction of sp³-hybridized carbons (Fsp3) is 0.278. The Morgan fingerprint density at radius 3 is 2.00 bits per heavy atom. The van der Waals surface area contributed by atoms with Crippen molar-refractivity contribution in [2.24, 2.45) is 0 Å². The molecule has 0 saturated heterocycles. The van der Waals surface area contributed by atoms with E-state index >= 15 is 0 Å². The number of carbonyl (C=O) groups excluding carboxylic acids is 2. The maximum absolute atomic E-state index is 14.5. The van der Waals surface area contributed by atoms with E-state index in [1.54, 1.807) is 0 Å². The Hall–Kier alpha value is -3.93. The molecule has 2 aliphatic rings. The van der Waals surface area contributed by atoms with Gasteiger partial charge in [0.15, 0.2) is 0 Å². The molecule has 42 heavy (non-hydrogen) atoms. The summed E-state index contributed by atoms with van der Waals surface area (Å²) in [5.41, 5.74) is 4.43. The molecule has 0 aromatic heterocycles. The quantitative estimate of drug-likeness (QED) is 0.251. The monoisotopic (exact) mass is 578 g/mol. The van der Waals surface area contributed by atoms with Crippen LogP contribution < -0.4 is 5.32 Å². The van der Waals surface area contributed by atoms with Gasteiger partial charge in [-0.1, -0.05) is 103 Å². The van der Waals surface area contributed by atoms with Crippen molar-refractivity contribution < 1.29 is 14.7 Å². The van der Waals surface area contributed by atoms with Crippen molar-refractivity contribution in [2.45, 2.75) is 55.7 Å². The van der Waals surface area contributed by atoms with Gasteiger partial charge in [0.2, 0.25) is 5.91 Å². The first-order chi connectivity index (χ1) is 20.5. The minimum absolute atomic E-state index is 0.0262. The number of halogens is 1. The molecule has 1 heterocycles. The molecule has 1 aliphatic heterocycles. The van der Waals surface area contributed by atoms with Crippen molar-refractivity contribution in [3.05, 3.63) is 142 Å². The zero-order valence-electron chi connectivity index (χ0n) is 23.4. The molecule has 6 heteroatoms. The highest BCUT2D eigenvalue weighted by atomic mass is 35.5. The summed E-state index contributed by atoms with van der Waals surface area (Å²) in [7, 11) is 0. The molecular formula is C36H35ClN2O3. The van der Waals surface area contributed by atoms with Crippen molar-refractivity contribution in [3.63, 3.8) is 0 Å². The highest BCUT2D eigenvalue weighted by Gasteiger charge is 2.47. The number of fused-ring (bicyclic) bond motifs is 1. The normalized spacial score (nSPS) is 22.1. The van der Waals surface area contributed by atoms with Crippen LogP contribution in [-0.4, -0.2) is 40.5 Å². The maximum Gasteiger partial charge on any atom is 0.254 e. The van der Waals surface area contributed by atoms with E-state index in [0.29, 0.717) is 42.8 Å². The standard InChI is InChI=1S/C36H35ClN2O3/c37-27-17-15-26(16-18-27)34-33(30-13-7-8-14-31(30)36(42)39(34)28-19-21-29(40)22-20-28)35(41)38-23-32(24-9-3-1-4-10-24)25-11-5-2-6-12-25/h1-18,28-29,32-34,40H,19-23H2,(H,38,41)/t28?,29?,33-,34+/m1/s1. The van der Waals surface area contributed by atoms with Crippen LogP contribution in [0.3, 0.4) is 0 Å². The van der Waals surface area contributed by atoms with Crippen LogP contribution in [0.25, 0.3) is 0 Å². The lowest BCUT2D eigenvalue weighted by Gasteiger charge is -2.47. The Morgan fingerprint density at radius 2 is 1.38 bits per heavy atom. The molecule has 0 bridgehead atoms. The molecule has 0 radical (unpaired) electrons. The maximum atomic E-state index is 14.5. The largest absolute Gasteiger partial charge is 0.393 e. The Kier molecular flexibility index (Phi) is 8.41. The summed E-state index contributed by atoms with van der Waals surface area (Å²) in [5.74, 6) is -0.823. The lowest BCUT2D eigenvalue weighted by Crippen LogP contribution is -2.52. The molecule has 1 aliphatic carbocycles. The van der Waals surface area contributed by atoms with Crippen LogP contribution in [0.5, 0.6) is 0 Å². The van der Waals surface area contributed by atoms with Crippen LogP contribution in [0, 0.1) is 0 Å². The first-order valence-electron chi connectivity index (χ1n) is 14.7. The third-order valence-electron chi connectivity index (χ3n) is 8.81. The number of nitrogens with zero attached hydrogens (tertiary/aromatic N) is 1. The molecule has 1 saturated carbocycles. The molecule has 5 nitrogen and oxygen atoms in total. The van der Waals surface area contributed by atoms with Gasteiger partial charge in [0.1, 0.15) is 0 Å². The van der Waals surface area contributed by atoms with Crippen LogP contribution >= 0.6 is 11.6 Å². The number of benzene rings is 4. The van der Waals surface area contributed by atoms with Gasteiger partial charge in [-0.15, -0.1) is 0 Å². The van der Waals surface area contributed by atoms with Crippen molar-refractivity contribution in [1.29, 1.82) is 0 Å². The van der Waals surface area contributed by atoms with Gasteiger partial charge in [-0.25, -0.2) is 0 Å². The van der Waals surface area contributed by atoms with Gasteiger partial charge in [-0.2, -0.15) is 0 Å². The number of rotatable bonds is 7. The average molecular weight is 579 g/mol. The minimum atomic E-state index is -0.612. The molecule has 214 valence electrons. The van der Waals surface area contributed by atoms with Gasteiger partial charge < -0.3 is 15.3 Å². The molecule has 0 unspecified atom stereocenters. The number of aliphatic hydroxyl groups is 1. The molecule has 2 atom stereocenters. The molecular weight excluding hydrogens is 544 g/mol. The summed E-state index contributed by atoms with van der Waals surface area (Å²) in [5, 5.41) is 14.1. The van der Waals surface area contributed by atoms with Crippen molar-refractivity contribution >= 4 is 23.4 Å². The van der Waals surface area contributed by atoms with E-state index in [1.807, 2.05) is 89.8 Å². The molecule has 2 amide bonds. The van der Waals surface area contributed by atoms with Gasteiger partial charge in [0, 0.05) is 29.1 Å². The third kappa shape index (κ3) is 5.72. The van der Waals surface area contributed by atoms with Crippen LogP contribution in [0.15, 0.2) is 109 Å². The molecule has 6 rings (SSSR count). The highest BCUT2D eigenvalue weighted by molar-refractivity contribution is 6.30. The second-order valence-corrected chi connectivity index (χ2v) is 11.8. The second kappa shape index (κ2) is 12.5. The van der Waals surface area contributed by atoms with E-state index in [1.165, 1.54) is 0 Å². The first-order valence-corrected chi connectivity index (χ1v) is 15.1. The summed E-state index contributed by atoms with van der Waals surface area (Å²) >= 11 is 6.27. The van der Waals surface area contributed by atoms with Gasteiger partial charge in [0.05, 0.1) is 18.1 Å². The number of carbonyl (C=O) groups is 2. The smallest absolute Gasteiger partial charge is 0.254 e. The number of hydrogen-bond donors (Lipinski definition) is 2. The first kappa shape index (κ1) is 28.2. The van der Waals surface area contributed by atoms with Crippen LogP contribution in [0.4, 0.5) is 0 Å². The highest BCUT2D eigenvalue weighted by Crippen LogP contribution is 2.46. The fourth-order valence-corrected chi connectivity index (χ4v) is 6.82. The topological polar surface area (TPSA) is 69.6 Å². The van der Waals surface area contributed by atoms with Gasteiger partial charge in [0.25, 0.3) is 5.91 Å². The Morgan fingerprint density at radius 1 is 0.810 bits per heavy atom. The molecule has 4 aromatic rings. The van der Waals surface area contributed by atoms with E-state index < -0.39 is 12.0 Å². The Labute approximate surface area is 252 Å². The molecule has 1 fully saturated rings. The average Bonchev–Trinajstić information content (AvgIpc) is 3.03. The lowest BCUT2D eigenvalue weighted by atomic mass is 9.77. The Bertz CT molecular complexity index is 1480. The number of aliphatic hydroxyl groups excluding tert-OH is 1. The van der Waals surface area contributed by atoms with E-state index in [-0.39, 0.29) is 29.9 Å². The van der Waals surface area contributed by atoms with Crippen LogP contribution in [-0.2, 0) is 4.79 Å². The Balaban J connectivity index is 1.39. The minimum Gasteiger partial charge on any atom is -0.393 e. The molecule has 0 spiro atoms. The molecule has 2 N–H and O–H groups in total. The zero-order valence-corrected chi connectivity index (χ0v) is 24.2. The predicted octanol–water partition coefficient (Wildman–Crippen LogP) is 6.87. The van der Waals surface area contributed by atoms with E-state index in [2.05, 4.69) is 29.6 Å². The third-order valence-corrected chi connectivity index (χ3v) is 9.07. The summed E-state index contributed by atoms with van der Waals surface area (Å²) in [6.45, 7) is 0.419. The number of amides is 2. The summed E-state index contributed by atoms with van der Waals surface area (Å²) < 4.78 is 0. The van der Waals surface area contributed by atoms with E-state index in [9.17, 15) is 14.7 Å². The fourth-order valence-electron chi connectivity index (χ4n) is 6.70. The zero-order chi connectivity index (χ0) is 29.1. The number of nitrogens with one attached hydrogen (secondary N) is 1. The summed E-state index contributed by atoms with van der Waals surface area (Å²) in [4.78, 5) is 30.5. The van der Waals surface area contributed by atoms with Crippen molar-refractivity contribution in [3.8, 4) is 0 Å². The SMILES string of the molecule is O=C(NCC(c1ccccc1)c1ccccc1)[C@@H]1c2ccccc2C(=O)N(C2CCC(O)CC2)[C@H]1c1ccc(Cl)cc1. The summed E-state index contributed by atoms with van der Waals surface area (Å²) in [6.07, 6.45) is 2.30. The lowest BCUT2D eigenvalue weighted by molar-refractivity contribution is -0.124. The van der Waals surface area contributed by atoms with Gasteiger partial charge in [-0.05, 0) is 66.1 Å². The van der Waals surface area contributed by atoms with Crippen molar-refractivity contribution in [1.82, 2.24) is 10.2 Å². The number of hydrogen-bond acceptors (Lipinski definition) is 3. The van der Waals surface area contributed by atoms with E-state index in [4.69, 9.17) is 11.6 Å². The second-order valence-electron chi connectivity index (χ2n) is 11.4. The van der Waals surface area contributed by atoms with Crippen LogP contribution in [0.1, 0.15) is 76.2 Å². The van der Waals surface area contributed by atoms with Crippen molar-refractivity contribution in [2.75, 3.05) is 6.54 Å². The van der Waals surface area contributed by atoms with Crippen LogP contribution in [0.2, 0.25) is 5.02 Å². The van der Waals surface area contributed by atoms with Gasteiger partial charge >= 0.3 is 0 Å². The van der Waals surface area contributed by atoms with Gasteiger partial charge in [-0.3, -0.25) is 9.59 Å².